The van der Waals surface area contributed by atoms with Gasteiger partial charge in [0.05, 0.1) is 13.2 Å². The van der Waals surface area contributed by atoms with Crippen LogP contribution in [0.4, 0.5) is 13.2 Å². The van der Waals surface area contributed by atoms with Crippen molar-refractivity contribution < 1.29 is 32.6 Å². The maximum Gasteiger partial charge on any atom is 0.573 e. The SMILES string of the molecule is OC[C@@]1(O)CCCN(Cc2cc(-c3ccccc3OC(F)(F)F)no2)C1. The fraction of sp³-hybridized carbons (Fsp3) is 0.471. The van der Waals surface area contributed by atoms with Gasteiger partial charge in [0, 0.05) is 18.2 Å². The van der Waals surface area contributed by atoms with Crippen LogP contribution >= 0.6 is 0 Å². The van der Waals surface area contributed by atoms with Crippen LogP contribution in [0, 0.1) is 0 Å². The predicted octanol–water partition coefficient (Wildman–Crippen LogP) is 2.56. The number of β-amino-alcohol motifs (C(OH)–C–C–N with tert-alkyl or cyclic N) is 1. The molecule has 1 atom stereocenters. The summed E-state index contributed by atoms with van der Waals surface area (Å²) in [5.41, 5.74) is -0.742. The van der Waals surface area contributed by atoms with Crippen molar-refractivity contribution >= 4 is 0 Å². The number of rotatable bonds is 5. The Morgan fingerprint density at radius 1 is 1.31 bits per heavy atom. The third kappa shape index (κ3) is 4.54. The highest BCUT2D eigenvalue weighted by atomic mass is 19.4. The molecular weight excluding hydrogens is 353 g/mol. The maximum atomic E-state index is 12.5. The topological polar surface area (TPSA) is 79.0 Å². The molecule has 26 heavy (non-hydrogen) atoms. The molecule has 0 radical (unpaired) electrons. The molecule has 1 aliphatic rings. The molecule has 1 aromatic heterocycles. The zero-order valence-electron chi connectivity index (χ0n) is 13.9. The zero-order chi connectivity index (χ0) is 18.8. The quantitative estimate of drug-likeness (QED) is 0.840. The molecule has 0 aliphatic carbocycles. The fourth-order valence-electron chi connectivity index (χ4n) is 3.10. The molecule has 3 rings (SSSR count). The number of aliphatic hydroxyl groups excluding tert-OH is 1. The predicted molar refractivity (Wildman–Crippen MR) is 85.2 cm³/mol. The number of ether oxygens (including phenoxy) is 1. The molecule has 0 bridgehead atoms. The summed E-state index contributed by atoms with van der Waals surface area (Å²) in [6.07, 6.45) is -3.56. The van der Waals surface area contributed by atoms with Gasteiger partial charge in [-0.2, -0.15) is 0 Å². The van der Waals surface area contributed by atoms with Crippen LogP contribution in [-0.4, -0.2) is 51.9 Å². The van der Waals surface area contributed by atoms with E-state index < -0.39 is 12.0 Å². The van der Waals surface area contributed by atoms with Crippen molar-refractivity contribution in [3.05, 3.63) is 36.1 Å². The van der Waals surface area contributed by atoms with Gasteiger partial charge in [-0.15, -0.1) is 13.2 Å². The van der Waals surface area contributed by atoms with Crippen molar-refractivity contribution in [1.82, 2.24) is 10.1 Å². The van der Waals surface area contributed by atoms with Gasteiger partial charge in [-0.3, -0.25) is 4.90 Å². The van der Waals surface area contributed by atoms with Gasteiger partial charge in [0.1, 0.15) is 17.0 Å². The first-order chi connectivity index (χ1) is 12.3. The van der Waals surface area contributed by atoms with Crippen molar-refractivity contribution in [2.45, 2.75) is 31.3 Å². The van der Waals surface area contributed by atoms with Crippen LogP contribution in [0.3, 0.4) is 0 Å². The molecule has 142 valence electrons. The Kier molecular flexibility index (Phi) is 5.22. The van der Waals surface area contributed by atoms with E-state index >= 15 is 0 Å². The molecule has 0 saturated carbocycles. The minimum atomic E-state index is -4.80. The van der Waals surface area contributed by atoms with Crippen LogP contribution in [0.1, 0.15) is 18.6 Å². The molecule has 1 aromatic carbocycles. The Labute approximate surface area is 147 Å². The first kappa shape index (κ1) is 18.7. The normalized spacial score (nSPS) is 21.7. The van der Waals surface area contributed by atoms with Crippen LogP contribution in [0.5, 0.6) is 5.75 Å². The van der Waals surface area contributed by atoms with Gasteiger partial charge in [-0.05, 0) is 31.5 Å². The Bertz CT molecular complexity index is 750. The van der Waals surface area contributed by atoms with Crippen LogP contribution in [0.15, 0.2) is 34.9 Å². The summed E-state index contributed by atoms with van der Waals surface area (Å²) >= 11 is 0. The zero-order valence-corrected chi connectivity index (χ0v) is 13.9. The monoisotopic (exact) mass is 372 g/mol. The van der Waals surface area contributed by atoms with Crippen molar-refractivity contribution in [1.29, 1.82) is 0 Å². The number of hydrogen-bond donors (Lipinski definition) is 2. The number of piperidine rings is 1. The summed E-state index contributed by atoms with van der Waals surface area (Å²) in [6.45, 7) is 1.00. The molecule has 9 heteroatoms. The Hall–Kier alpha value is -2.10. The lowest BCUT2D eigenvalue weighted by Crippen LogP contribution is -2.49. The summed E-state index contributed by atoms with van der Waals surface area (Å²) in [4.78, 5) is 1.90. The molecule has 1 aliphatic heterocycles. The largest absolute Gasteiger partial charge is 0.573 e. The number of likely N-dealkylation sites (tertiary alicyclic amines) is 1. The smallest absolute Gasteiger partial charge is 0.405 e. The minimum Gasteiger partial charge on any atom is -0.405 e. The van der Waals surface area contributed by atoms with E-state index in [0.717, 1.165) is 6.42 Å². The average Bonchev–Trinajstić information content (AvgIpc) is 3.02. The van der Waals surface area contributed by atoms with Gasteiger partial charge >= 0.3 is 6.36 Å². The number of aromatic nitrogens is 1. The lowest BCUT2D eigenvalue weighted by atomic mass is 9.94. The van der Waals surface area contributed by atoms with E-state index in [0.29, 0.717) is 25.3 Å². The third-order valence-electron chi connectivity index (χ3n) is 4.26. The average molecular weight is 372 g/mol. The van der Waals surface area contributed by atoms with Crippen molar-refractivity contribution in [3.8, 4) is 17.0 Å². The number of hydrogen-bond acceptors (Lipinski definition) is 6. The van der Waals surface area contributed by atoms with Gasteiger partial charge in [-0.25, -0.2) is 0 Å². The number of alkyl halides is 3. The molecule has 2 heterocycles. The van der Waals surface area contributed by atoms with Crippen molar-refractivity contribution in [2.24, 2.45) is 0 Å². The number of para-hydroxylation sites is 1. The molecule has 0 amide bonds. The highest BCUT2D eigenvalue weighted by Gasteiger charge is 2.34. The third-order valence-corrected chi connectivity index (χ3v) is 4.26. The molecule has 2 aromatic rings. The van der Waals surface area contributed by atoms with Crippen LogP contribution in [-0.2, 0) is 6.54 Å². The van der Waals surface area contributed by atoms with Crippen LogP contribution in [0.2, 0.25) is 0 Å². The second-order valence-corrected chi connectivity index (χ2v) is 6.42. The fourth-order valence-corrected chi connectivity index (χ4v) is 3.10. The van der Waals surface area contributed by atoms with E-state index in [2.05, 4.69) is 9.89 Å². The summed E-state index contributed by atoms with van der Waals surface area (Å²) in [5, 5.41) is 23.3. The molecule has 6 nitrogen and oxygen atoms in total. The van der Waals surface area contributed by atoms with E-state index in [1.165, 1.54) is 18.2 Å². The van der Waals surface area contributed by atoms with E-state index in [1.807, 2.05) is 4.90 Å². The highest BCUT2D eigenvalue weighted by molar-refractivity contribution is 5.66. The van der Waals surface area contributed by atoms with Crippen molar-refractivity contribution in [3.63, 3.8) is 0 Å². The molecule has 1 saturated heterocycles. The van der Waals surface area contributed by atoms with Crippen LogP contribution < -0.4 is 4.74 Å². The lowest BCUT2D eigenvalue weighted by Gasteiger charge is -2.37. The van der Waals surface area contributed by atoms with Gasteiger partial charge < -0.3 is 19.5 Å². The molecule has 0 unspecified atom stereocenters. The Balaban J connectivity index is 1.75. The summed E-state index contributed by atoms with van der Waals surface area (Å²) in [6, 6.07) is 7.25. The van der Waals surface area contributed by atoms with Gasteiger partial charge in [0.25, 0.3) is 0 Å². The molecule has 2 N–H and O–H groups in total. The van der Waals surface area contributed by atoms with E-state index in [1.54, 1.807) is 12.1 Å². The highest BCUT2D eigenvalue weighted by Crippen LogP contribution is 2.33. The maximum absolute atomic E-state index is 12.5. The second kappa shape index (κ2) is 7.26. The van der Waals surface area contributed by atoms with Gasteiger partial charge in [0.2, 0.25) is 0 Å². The summed E-state index contributed by atoms with van der Waals surface area (Å²) in [5.74, 6) is 0.0940. The first-order valence-electron chi connectivity index (χ1n) is 8.14. The minimum absolute atomic E-state index is 0.172. The van der Waals surface area contributed by atoms with E-state index in [4.69, 9.17) is 4.52 Å². The number of nitrogens with zero attached hydrogens (tertiary/aromatic N) is 2. The van der Waals surface area contributed by atoms with Crippen LogP contribution in [0.25, 0.3) is 11.3 Å². The van der Waals surface area contributed by atoms with E-state index in [-0.39, 0.29) is 30.2 Å². The van der Waals surface area contributed by atoms with Gasteiger partial charge in [0.15, 0.2) is 5.76 Å². The molecule has 0 spiro atoms. The number of aliphatic hydroxyl groups is 2. The standard InChI is InChI=1S/C17H19F3N2O4/c18-17(19,20)25-15-5-2-1-4-13(15)14-8-12(26-21-14)9-22-7-3-6-16(24,10-22)11-23/h1-2,4-5,8,23-24H,3,6-7,9-11H2/t16-/m1/s1. The first-order valence-corrected chi connectivity index (χ1v) is 8.14. The Morgan fingerprint density at radius 3 is 2.81 bits per heavy atom. The number of benzene rings is 1. The van der Waals surface area contributed by atoms with Gasteiger partial charge in [-0.1, -0.05) is 17.3 Å². The number of halogens is 3. The molecular formula is C17H19F3N2O4. The van der Waals surface area contributed by atoms with E-state index in [9.17, 15) is 23.4 Å². The second-order valence-electron chi connectivity index (χ2n) is 6.42. The summed E-state index contributed by atoms with van der Waals surface area (Å²) in [7, 11) is 0. The summed E-state index contributed by atoms with van der Waals surface area (Å²) < 4.78 is 46.9. The molecule has 1 fully saturated rings. The van der Waals surface area contributed by atoms with Crippen molar-refractivity contribution in [2.75, 3.05) is 19.7 Å². The lowest BCUT2D eigenvalue weighted by molar-refractivity contribution is -0.274. The Morgan fingerprint density at radius 2 is 2.08 bits per heavy atom.